The third kappa shape index (κ3) is 4.13. The van der Waals surface area contributed by atoms with Crippen LogP contribution in [-0.2, 0) is 5.60 Å². The third-order valence-corrected chi connectivity index (χ3v) is 4.89. The molecule has 3 heterocycles. The largest absolute Gasteiger partial charge is 0.384 e. The van der Waals surface area contributed by atoms with Gasteiger partial charge in [0, 0.05) is 35.4 Å². The summed E-state index contributed by atoms with van der Waals surface area (Å²) in [7, 11) is 0. The van der Waals surface area contributed by atoms with Crippen LogP contribution in [0.5, 0.6) is 0 Å². The molecular weight excluding hydrogens is 404 g/mol. The molecule has 158 valence electrons. The smallest absolute Gasteiger partial charge is 0.254 e. The zero-order valence-electron chi connectivity index (χ0n) is 17.5. The molecule has 4 aromatic rings. The summed E-state index contributed by atoms with van der Waals surface area (Å²) in [5, 5.41) is 10.3. The van der Waals surface area contributed by atoms with Gasteiger partial charge >= 0.3 is 0 Å². The van der Waals surface area contributed by atoms with E-state index in [4.69, 9.17) is 5.73 Å². The average molecular weight is 424 g/mol. The van der Waals surface area contributed by atoms with Crippen LogP contribution in [0.15, 0.2) is 71.9 Å². The predicted molar refractivity (Wildman–Crippen MR) is 121 cm³/mol. The molecule has 0 aliphatic carbocycles. The van der Waals surface area contributed by atoms with Crippen LogP contribution < -0.4 is 11.2 Å². The molecule has 32 heavy (non-hydrogen) atoms. The lowest BCUT2D eigenvalue weighted by Crippen LogP contribution is -2.24. The lowest BCUT2D eigenvalue weighted by molar-refractivity contribution is 0.0738. The maximum Gasteiger partial charge on any atom is 0.254 e. The van der Waals surface area contributed by atoms with Crippen LogP contribution in [0.25, 0.3) is 16.7 Å². The van der Waals surface area contributed by atoms with Gasteiger partial charge < -0.3 is 15.4 Å². The van der Waals surface area contributed by atoms with Crippen molar-refractivity contribution in [1.82, 2.24) is 14.5 Å². The first-order valence-corrected chi connectivity index (χ1v) is 9.85. The van der Waals surface area contributed by atoms with E-state index in [1.54, 1.807) is 55.1 Å². The molecule has 7 heteroatoms. The van der Waals surface area contributed by atoms with Gasteiger partial charge in [-0.1, -0.05) is 17.9 Å². The summed E-state index contributed by atoms with van der Waals surface area (Å²) in [6.07, 6.45) is 4.60. The summed E-state index contributed by atoms with van der Waals surface area (Å²) in [6.45, 7) is 3.34. The standard InChI is InChI=1S/C25H20N4O3/c1-25(2,32)21-11-10-17(14-28-21)9-8-16-5-3-6-18(13-16)29-15-20(23(26)31)22(30)19-7-4-12-27-24(19)29/h3-7,10-15,32H,1-2H3,(H2,26,31). The molecule has 0 atom stereocenters. The van der Waals surface area contributed by atoms with Crippen LogP contribution in [0.4, 0.5) is 0 Å². The van der Waals surface area contributed by atoms with Crippen molar-refractivity contribution in [3.05, 3.63) is 99.7 Å². The van der Waals surface area contributed by atoms with Gasteiger partial charge in [0.05, 0.1) is 11.1 Å². The Morgan fingerprint density at radius 1 is 1.06 bits per heavy atom. The molecule has 4 rings (SSSR count). The van der Waals surface area contributed by atoms with Gasteiger partial charge in [0.1, 0.15) is 16.8 Å². The third-order valence-electron chi connectivity index (χ3n) is 4.89. The molecule has 0 aliphatic heterocycles. The Hall–Kier alpha value is -4.28. The topological polar surface area (TPSA) is 111 Å². The minimum atomic E-state index is -1.02. The lowest BCUT2D eigenvalue weighted by Gasteiger charge is -2.15. The molecule has 0 bridgehead atoms. The first kappa shape index (κ1) is 21.0. The molecule has 3 N–H and O–H groups in total. The number of hydrogen-bond donors (Lipinski definition) is 2. The van der Waals surface area contributed by atoms with Gasteiger partial charge in [-0.15, -0.1) is 0 Å². The Kier molecular flexibility index (Phi) is 5.31. The number of aromatic nitrogens is 3. The highest BCUT2D eigenvalue weighted by Crippen LogP contribution is 2.18. The quantitative estimate of drug-likeness (QED) is 0.491. The van der Waals surface area contributed by atoms with Crippen molar-refractivity contribution in [3.63, 3.8) is 0 Å². The predicted octanol–water partition coefficient (Wildman–Crippen LogP) is 2.51. The maximum atomic E-state index is 12.6. The molecule has 0 fully saturated rings. The Balaban J connectivity index is 1.76. The number of hydrogen-bond acceptors (Lipinski definition) is 5. The van der Waals surface area contributed by atoms with E-state index in [1.807, 2.05) is 24.3 Å². The molecule has 0 radical (unpaired) electrons. The number of rotatable bonds is 3. The molecule has 7 nitrogen and oxygen atoms in total. The van der Waals surface area contributed by atoms with Gasteiger partial charge in [0.2, 0.25) is 5.43 Å². The monoisotopic (exact) mass is 424 g/mol. The van der Waals surface area contributed by atoms with Gasteiger partial charge in [0.15, 0.2) is 0 Å². The van der Waals surface area contributed by atoms with Crippen molar-refractivity contribution in [1.29, 1.82) is 0 Å². The van der Waals surface area contributed by atoms with E-state index in [9.17, 15) is 14.7 Å². The number of amides is 1. The second-order valence-corrected chi connectivity index (χ2v) is 7.77. The fourth-order valence-electron chi connectivity index (χ4n) is 3.24. The van der Waals surface area contributed by atoms with Crippen molar-refractivity contribution in [2.75, 3.05) is 0 Å². The van der Waals surface area contributed by atoms with Crippen molar-refractivity contribution >= 4 is 16.9 Å². The highest BCUT2D eigenvalue weighted by Gasteiger charge is 2.17. The van der Waals surface area contributed by atoms with Crippen molar-refractivity contribution in [2.24, 2.45) is 5.73 Å². The summed E-state index contributed by atoms with van der Waals surface area (Å²) in [4.78, 5) is 32.9. The molecule has 1 amide bonds. The van der Waals surface area contributed by atoms with E-state index in [0.29, 0.717) is 28.0 Å². The van der Waals surface area contributed by atoms with Gasteiger partial charge in [-0.3, -0.25) is 14.6 Å². The minimum Gasteiger partial charge on any atom is -0.384 e. The second kappa shape index (κ2) is 8.10. The van der Waals surface area contributed by atoms with Gasteiger partial charge in [0.25, 0.3) is 5.91 Å². The fraction of sp³-hybridized carbons (Fsp3) is 0.120. The molecule has 0 spiro atoms. The molecule has 1 aromatic carbocycles. The van der Waals surface area contributed by atoms with Crippen molar-refractivity contribution in [3.8, 4) is 17.5 Å². The summed E-state index contributed by atoms with van der Waals surface area (Å²) < 4.78 is 1.65. The van der Waals surface area contributed by atoms with E-state index in [1.165, 1.54) is 6.20 Å². The van der Waals surface area contributed by atoms with Gasteiger partial charge in [-0.25, -0.2) is 4.98 Å². The molecule has 0 unspecified atom stereocenters. The Morgan fingerprint density at radius 2 is 1.84 bits per heavy atom. The minimum absolute atomic E-state index is 0.111. The van der Waals surface area contributed by atoms with Crippen LogP contribution >= 0.6 is 0 Å². The van der Waals surface area contributed by atoms with E-state index in [0.717, 1.165) is 5.56 Å². The van der Waals surface area contributed by atoms with Crippen molar-refractivity contribution in [2.45, 2.75) is 19.4 Å². The molecule has 0 saturated carbocycles. The van der Waals surface area contributed by atoms with E-state index in [-0.39, 0.29) is 5.56 Å². The van der Waals surface area contributed by atoms with Crippen LogP contribution in [-0.4, -0.2) is 25.5 Å². The van der Waals surface area contributed by atoms with Gasteiger partial charge in [-0.05, 0) is 56.3 Å². The Labute approximate surface area is 184 Å². The van der Waals surface area contributed by atoms with Crippen molar-refractivity contribution < 1.29 is 9.90 Å². The summed E-state index contributed by atoms with van der Waals surface area (Å²) in [6, 6.07) is 14.1. The number of nitrogens with zero attached hydrogens (tertiary/aromatic N) is 3. The van der Waals surface area contributed by atoms with Crippen LogP contribution in [0, 0.1) is 11.8 Å². The number of carbonyl (C=O) groups is 1. The normalized spacial score (nSPS) is 11.1. The molecule has 0 aliphatic rings. The highest BCUT2D eigenvalue weighted by molar-refractivity contribution is 5.96. The first-order chi connectivity index (χ1) is 15.2. The number of nitrogens with two attached hydrogens (primary N) is 1. The lowest BCUT2D eigenvalue weighted by atomic mass is 10.0. The Bertz CT molecular complexity index is 1450. The maximum absolute atomic E-state index is 12.6. The Morgan fingerprint density at radius 3 is 2.53 bits per heavy atom. The number of carbonyl (C=O) groups excluding carboxylic acids is 1. The fourth-order valence-corrected chi connectivity index (χ4v) is 3.24. The van der Waals surface area contributed by atoms with Crippen LogP contribution in [0.2, 0.25) is 0 Å². The number of pyridine rings is 3. The average Bonchev–Trinajstić information content (AvgIpc) is 2.78. The van der Waals surface area contributed by atoms with Crippen LogP contribution in [0.3, 0.4) is 0 Å². The molecule has 0 saturated heterocycles. The number of primary amides is 1. The van der Waals surface area contributed by atoms with Crippen LogP contribution in [0.1, 0.15) is 41.0 Å². The molecular formula is C25H20N4O3. The number of benzene rings is 1. The summed E-state index contributed by atoms with van der Waals surface area (Å²) >= 11 is 0. The summed E-state index contributed by atoms with van der Waals surface area (Å²) in [5.41, 5.74) is 6.92. The van der Waals surface area contributed by atoms with E-state index >= 15 is 0 Å². The van der Waals surface area contributed by atoms with E-state index in [2.05, 4.69) is 21.8 Å². The second-order valence-electron chi connectivity index (χ2n) is 7.77. The molecule has 3 aromatic heterocycles. The van der Waals surface area contributed by atoms with Gasteiger partial charge in [-0.2, -0.15) is 0 Å². The van der Waals surface area contributed by atoms with E-state index < -0.39 is 16.9 Å². The summed E-state index contributed by atoms with van der Waals surface area (Å²) in [5.74, 6) is 5.34. The number of fused-ring (bicyclic) bond motifs is 1. The SMILES string of the molecule is CC(C)(O)c1ccc(C#Cc2cccc(-n3cc(C(N)=O)c(=O)c4cccnc43)c2)cn1. The zero-order chi connectivity index (χ0) is 22.9. The zero-order valence-corrected chi connectivity index (χ0v) is 17.5. The number of aliphatic hydroxyl groups is 1. The highest BCUT2D eigenvalue weighted by atomic mass is 16.3. The first-order valence-electron chi connectivity index (χ1n) is 9.85.